The van der Waals surface area contributed by atoms with Crippen molar-refractivity contribution in [1.82, 2.24) is 15.5 Å². The van der Waals surface area contributed by atoms with Crippen LogP contribution >= 0.6 is 24.0 Å². The van der Waals surface area contributed by atoms with Gasteiger partial charge in [0.25, 0.3) is 0 Å². The fraction of sp³-hybridized carbons (Fsp3) is 0.708. The second-order valence-electron chi connectivity index (χ2n) is 8.63. The molecule has 0 radical (unpaired) electrons. The normalized spacial score (nSPS) is 22.2. The van der Waals surface area contributed by atoms with E-state index in [0.29, 0.717) is 6.54 Å². The molecule has 176 valence electrons. The van der Waals surface area contributed by atoms with E-state index in [0.717, 1.165) is 64.2 Å². The van der Waals surface area contributed by atoms with E-state index in [1.54, 1.807) is 0 Å². The van der Waals surface area contributed by atoms with Crippen LogP contribution in [0, 0.1) is 5.92 Å². The average molecular weight is 545 g/mol. The summed E-state index contributed by atoms with van der Waals surface area (Å²) in [4.78, 5) is 7.32. The van der Waals surface area contributed by atoms with Crippen molar-refractivity contribution in [3.8, 4) is 0 Å². The number of guanidine groups is 1. The van der Waals surface area contributed by atoms with Crippen LogP contribution in [0.5, 0.6) is 0 Å². The Morgan fingerprint density at radius 1 is 1.19 bits per heavy atom. The Labute approximate surface area is 205 Å². The quantitative estimate of drug-likeness (QED) is 0.203. The van der Waals surface area contributed by atoms with E-state index in [1.165, 1.54) is 37.1 Å². The van der Waals surface area contributed by atoms with Gasteiger partial charge in [0.15, 0.2) is 5.96 Å². The van der Waals surface area contributed by atoms with E-state index < -0.39 is 0 Å². The lowest BCUT2D eigenvalue weighted by Gasteiger charge is -2.30. The largest absolute Gasteiger partial charge is 0.379 e. The van der Waals surface area contributed by atoms with Gasteiger partial charge in [0.1, 0.15) is 0 Å². The van der Waals surface area contributed by atoms with Gasteiger partial charge in [0, 0.05) is 39.4 Å². The molecular formula is C24H41IN4O2. The van der Waals surface area contributed by atoms with Crippen molar-refractivity contribution < 1.29 is 9.47 Å². The summed E-state index contributed by atoms with van der Waals surface area (Å²) in [6.07, 6.45) is 4.97. The number of rotatable bonds is 10. The van der Waals surface area contributed by atoms with Crippen molar-refractivity contribution in [1.29, 1.82) is 0 Å². The predicted octanol–water partition coefficient (Wildman–Crippen LogP) is 3.79. The number of benzene rings is 1. The fourth-order valence-electron chi connectivity index (χ4n) is 4.12. The zero-order valence-corrected chi connectivity index (χ0v) is 21.6. The first kappa shape index (κ1) is 26.4. The second kappa shape index (κ2) is 15.0. The van der Waals surface area contributed by atoms with Crippen LogP contribution in [0.3, 0.4) is 0 Å². The van der Waals surface area contributed by atoms with Gasteiger partial charge in [-0.3, -0.25) is 4.90 Å². The average Bonchev–Trinajstić information content (AvgIpc) is 3.26. The maximum Gasteiger partial charge on any atom is 0.191 e. The summed E-state index contributed by atoms with van der Waals surface area (Å²) in [5.41, 5.74) is 2.64. The predicted molar refractivity (Wildman–Crippen MR) is 138 cm³/mol. The number of aliphatic imine (C=N–C) groups is 1. The summed E-state index contributed by atoms with van der Waals surface area (Å²) in [6.45, 7) is 12.7. The SMILES string of the molecule is CCNC(=NCc1ccc(CN2CCCC(C)C2)cc1)NCCCOC1CCOC1.I. The highest BCUT2D eigenvalue weighted by molar-refractivity contribution is 14.0. The molecule has 2 heterocycles. The molecule has 2 aliphatic rings. The van der Waals surface area contributed by atoms with Crippen molar-refractivity contribution in [2.24, 2.45) is 10.9 Å². The topological polar surface area (TPSA) is 58.1 Å². The minimum Gasteiger partial charge on any atom is -0.379 e. The third-order valence-corrected chi connectivity index (χ3v) is 5.79. The first-order valence-electron chi connectivity index (χ1n) is 11.7. The Morgan fingerprint density at radius 2 is 2.00 bits per heavy atom. The third-order valence-electron chi connectivity index (χ3n) is 5.79. The summed E-state index contributed by atoms with van der Waals surface area (Å²) in [5, 5.41) is 6.73. The Balaban J connectivity index is 0.00000341. The van der Waals surface area contributed by atoms with Crippen LogP contribution in [0.4, 0.5) is 0 Å². The van der Waals surface area contributed by atoms with Gasteiger partial charge in [-0.05, 0) is 56.2 Å². The molecule has 2 atom stereocenters. The van der Waals surface area contributed by atoms with Crippen LogP contribution in [0.25, 0.3) is 0 Å². The Hall–Kier alpha value is -0.900. The molecule has 2 saturated heterocycles. The van der Waals surface area contributed by atoms with E-state index in [9.17, 15) is 0 Å². The van der Waals surface area contributed by atoms with Gasteiger partial charge in [-0.2, -0.15) is 0 Å². The van der Waals surface area contributed by atoms with Crippen LogP contribution in [-0.4, -0.2) is 63.0 Å². The molecule has 7 heteroatoms. The van der Waals surface area contributed by atoms with Gasteiger partial charge in [-0.1, -0.05) is 31.2 Å². The molecule has 0 aliphatic carbocycles. The van der Waals surface area contributed by atoms with Crippen molar-refractivity contribution in [3.63, 3.8) is 0 Å². The van der Waals surface area contributed by atoms with Gasteiger partial charge in [0.2, 0.25) is 0 Å². The summed E-state index contributed by atoms with van der Waals surface area (Å²) in [7, 11) is 0. The molecule has 2 N–H and O–H groups in total. The fourth-order valence-corrected chi connectivity index (χ4v) is 4.12. The lowest BCUT2D eigenvalue weighted by atomic mass is 9.99. The van der Waals surface area contributed by atoms with Crippen LogP contribution < -0.4 is 10.6 Å². The minimum absolute atomic E-state index is 0. The molecule has 0 amide bonds. The van der Waals surface area contributed by atoms with Crippen LogP contribution in [0.15, 0.2) is 29.3 Å². The molecule has 1 aromatic rings. The molecule has 2 aliphatic heterocycles. The zero-order chi connectivity index (χ0) is 21.0. The highest BCUT2D eigenvalue weighted by Gasteiger charge is 2.16. The number of nitrogens with one attached hydrogen (secondary N) is 2. The molecule has 6 nitrogen and oxygen atoms in total. The molecule has 0 saturated carbocycles. The first-order chi connectivity index (χ1) is 14.7. The summed E-state index contributed by atoms with van der Waals surface area (Å²) >= 11 is 0. The number of piperidine rings is 1. The molecule has 1 aromatic carbocycles. The smallest absolute Gasteiger partial charge is 0.191 e. The van der Waals surface area contributed by atoms with Crippen molar-refractivity contribution >= 4 is 29.9 Å². The van der Waals surface area contributed by atoms with Gasteiger partial charge < -0.3 is 20.1 Å². The minimum atomic E-state index is 0. The second-order valence-corrected chi connectivity index (χ2v) is 8.63. The van der Waals surface area contributed by atoms with Crippen molar-refractivity contribution in [2.75, 3.05) is 46.0 Å². The number of halogens is 1. The Kier molecular flexibility index (Phi) is 12.8. The van der Waals surface area contributed by atoms with Crippen molar-refractivity contribution in [2.45, 2.75) is 58.7 Å². The molecule has 2 fully saturated rings. The summed E-state index contributed by atoms with van der Waals surface area (Å²) in [5.74, 6) is 1.70. The monoisotopic (exact) mass is 544 g/mol. The van der Waals surface area contributed by atoms with E-state index in [1.807, 2.05) is 0 Å². The molecule has 31 heavy (non-hydrogen) atoms. The van der Waals surface area contributed by atoms with Gasteiger partial charge in [0.05, 0.1) is 19.3 Å². The van der Waals surface area contributed by atoms with E-state index in [4.69, 9.17) is 14.5 Å². The zero-order valence-electron chi connectivity index (χ0n) is 19.3. The van der Waals surface area contributed by atoms with E-state index in [-0.39, 0.29) is 30.1 Å². The number of nitrogens with zero attached hydrogens (tertiary/aromatic N) is 2. The first-order valence-corrected chi connectivity index (χ1v) is 11.7. The van der Waals surface area contributed by atoms with Crippen molar-refractivity contribution in [3.05, 3.63) is 35.4 Å². The molecule has 0 bridgehead atoms. The number of likely N-dealkylation sites (tertiary alicyclic amines) is 1. The highest BCUT2D eigenvalue weighted by Crippen LogP contribution is 2.18. The van der Waals surface area contributed by atoms with Gasteiger partial charge >= 0.3 is 0 Å². The molecule has 3 rings (SSSR count). The maximum absolute atomic E-state index is 5.82. The Bertz CT molecular complexity index is 635. The molecule has 0 aromatic heterocycles. The summed E-state index contributed by atoms with van der Waals surface area (Å²) in [6, 6.07) is 8.95. The maximum atomic E-state index is 5.82. The number of ether oxygens (including phenoxy) is 2. The van der Waals surface area contributed by atoms with Crippen LogP contribution in [0.2, 0.25) is 0 Å². The highest BCUT2D eigenvalue weighted by atomic mass is 127. The standard InChI is InChI=1S/C24H40N4O2.HI/c1-3-25-24(26-12-5-14-30-23-11-15-29-19-23)27-16-21-7-9-22(10-8-21)18-28-13-4-6-20(2)17-28;/h7-10,20,23H,3-6,11-19H2,1-2H3,(H2,25,26,27);1H. The van der Waals surface area contributed by atoms with E-state index >= 15 is 0 Å². The van der Waals surface area contributed by atoms with E-state index in [2.05, 4.69) is 53.6 Å². The van der Waals surface area contributed by atoms with Crippen LogP contribution in [0.1, 0.15) is 50.7 Å². The number of hydrogen-bond donors (Lipinski definition) is 2. The number of hydrogen-bond acceptors (Lipinski definition) is 4. The molecule has 2 unspecified atom stereocenters. The van der Waals surface area contributed by atoms with Crippen LogP contribution in [-0.2, 0) is 22.6 Å². The lowest BCUT2D eigenvalue weighted by Crippen LogP contribution is -2.38. The van der Waals surface area contributed by atoms with Gasteiger partial charge in [-0.25, -0.2) is 4.99 Å². The van der Waals surface area contributed by atoms with Gasteiger partial charge in [-0.15, -0.1) is 24.0 Å². The third kappa shape index (κ3) is 10.1. The molecular weight excluding hydrogens is 503 g/mol. The Morgan fingerprint density at radius 3 is 2.71 bits per heavy atom. The molecule has 0 spiro atoms. The lowest BCUT2D eigenvalue weighted by molar-refractivity contribution is 0.0420. The summed E-state index contributed by atoms with van der Waals surface area (Å²) < 4.78 is 11.2.